The van der Waals surface area contributed by atoms with Crippen LogP contribution in [-0.2, 0) is 0 Å². The van der Waals surface area contributed by atoms with Crippen molar-refractivity contribution in [1.82, 2.24) is 0 Å². The first-order valence-electron chi connectivity index (χ1n) is 6.89. The molecule has 0 fully saturated rings. The van der Waals surface area contributed by atoms with Crippen LogP contribution < -0.4 is 0 Å². The minimum absolute atomic E-state index is 0.0884. The minimum atomic E-state index is -0.583. The number of nitro groups is 2. The molecule has 0 aromatic heterocycles. The van der Waals surface area contributed by atoms with Crippen LogP contribution in [0.15, 0.2) is 18.2 Å². The van der Waals surface area contributed by atoms with Gasteiger partial charge in [-0.3, -0.25) is 20.2 Å². The van der Waals surface area contributed by atoms with E-state index in [1.54, 1.807) is 0 Å². The minimum Gasteiger partial charge on any atom is -0.258 e. The Labute approximate surface area is 118 Å². The van der Waals surface area contributed by atoms with Crippen LogP contribution in [-0.4, -0.2) is 9.85 Å². The highest BCUT2D eigenvalue weighted by Crippen LogP contribution is 2.29. The first-order valence-corrected chi connectivity index (χ1v) is 6.89. The summed E-state index contributed by atoms with van der Waals surface area (Å²) < 4.78 is 0. The Morgan fingerprint density at radius 3 is 2.00 bits per heavy atom. The summed E-state index contributed by atoms with van der Waals surface area (Å²) in [6, 6.07) is 3.89. The molecule has 1 aromatic carbocycles. The number of non-ortho nitro benzene ring substituents is 2. The average molecular weight is 280 g/mol. The highest BCUT2D eigenvalue weighted by atomic mass is 16.6. The molecule has 0 N–H and O–H groups in total. The Kier molecular flexibility index (Phi) is 6.09. The van der Waals surface area contributed by atoms with Crippen LogP contribution in [0.5, 0.6) is 0 Å². The molecule has 6 nitrogen and oxygen atoms in total. The zero-order valence-electron chi connectivity index (χ0n) is 11.9. The lowest BCUT2D eigenvalue weighted by Gasteiger charge is -2.11. The monoisotopic (exact) mass is 280 g/mol. The summed E-state index contributed by atoms with van der Waals surface area (Å²) in [5.41, 5.74) is 0.242. The molecule has 0 aliphatic rings. The molecular formula is C14H20N2O4. The molecule has 1 aromatic rings. The maximum Gasteiger partial charge on any atom is 0.276 e. The number of unbranched alkanes of at least 4 members (excludes halogenated alkanes) is 3. The second kappa shape index (κ2) is 7.57. The Bertz CT molecular complexity index is 456. The van der Waals surface area contributed by atoms with E-state index >= 15 is 0 Å². The van der Waals surface area contributed by atoms with Crippen molar-refractivity contribution in [2.45, 2.75) is 51.9 Å². The lowest BCUT2D eigenvalue weighted by Crippen LogP contribution is -1.99. The maximum atomic E-state index is 10.8. The summed E-state index contributed by atoms with van der Waals surface area (Å²) in [6.07, 6.45) is 5.36. The summed E-state index contributed by atoms with van der Waals surface area (Å²) in [5.74, 6) is 0.0884. The number of hydrogen-bond acceptors (Lipinski definition) is 4. The Hall–Kier alpha value is -1.98. The third kappa shape index (κ3) is 4.60. The molecule has 20 heavy (non-hydrogen) atoms. The Balaban J connectivity index is 2.87. The van der Waals surface area contributed by atoms with Gasteiger partial charge in [-0.2, -0.15) is 0 Å². The van der Waals surface area contributed by atoms with Gasteiger partial charge in [0.15, 0.2) is 0 Å². The van der Waals surface area contributed by atoms with Crippen LogP contribution in [0.1, 0.15) is 57.4 Å². The number of nitro benzene ring substituents is 2. The maximum absolute atomic E-state index is 10.8. The summed E-state index contributed by atoms with van der Waals surface area (Å²) in [4.78, 5) is 20.5. The molecule has 1 unspecified atom stereocenters. The lowest BCUT2D eigenvalue weighted by atomic mass is 9.94. The number of hydrogen-bond donors (Lipinski definition) is 0. The fraction of sp³-hybridized carbons (Fsp3) is 0.571. The van der Waals surface area contributed by atoms with Gasteiger partial charge in [0.05, 0.1) is 15.9 Å². The highest BCUT2D eigenvalue weighted by Gasteiger charge is 2.18. The van der Waals surface area contributed by atoms with E-state index in [1.807, 2.05) is 6.92 Å². The van der Waals surface area contributed by atoms with E-state index in [9.17, 15) is 20.2 Å². The van der Waals surface area contributed by atoms with Crippen LogP contribution in [0.25, 0.3) is 0 Å². The second-order valence-corrected chi connectivity index (χ2v) is 5.05. The van der Waals surface area contributed by atoms with Gasteiger partial charge in [-0.15, -0.1) is 0 Å². The molecule has 0 bridgehead atoms. The average Bonchev–Trinajstić information content (AvgIpc) is 2.42. The largest absolute Gasteiger partial charge is 0.276 e. The van der Waals surface area contributed by atoms with Crippen molar-refractivity contribution < 1.29 is 9.85 Å². The predicted octanol–water partition coefficient (Wildman–Crippen LogP) is 4.58. The topological polar surface area (TPSA) is 86.3 Å². The van der Waals surface area contributed by atoms with Crippen molar-refractivity contribution in [2.24, 2.45) is 0 Å². The molecule has 0 heterocycles. The van der Waals surface area contributed by atoms with Gasteiger partial charge in [0.2, 0.25) is 0 Å². The molecule has 1 atom stereocenters. The van der Waals surface area contributed by atoms with E-state index in [-0.39, 0.29) is 17.3 Å². The van der Waals surface area contributed by atoms with E-state index < -0.39 is 9.85 Å². The van der Waals surface area contributed by atoms with E-state index in [4.69, 9.17) is 0 Å². The Morgan fingerprint density at radius 2 is 1.55 bits per heavy atom. The van der Waals surface area contributed by atoms with Gasteiger partial charge in [0, 0.05) is 12.1 Å². The number of nitrogens with zero attached hydrogens (tertiary/aromatic N) is 2. The second-order valence-electron chi connectivity index (χ2n) is 5.05. The molecule has 110 valence electrons. The van der Waals surface area contributed by atoms with Crippen molar-refractivity contribution in [3.05, 3.63) is 44.0 Å². The molecule has 0 aliphatic heterocycles. The zero-order chi connectivity index (χ0) is 15.1. The van der Waals surface area contributed by atoms with Gasteiger partial charge in [-0.05, 0) is 17.9 Å². The predicted molar refractivity (Wildman–Crippen MR) is 76.9 cm³/mol. The molecule has 0 spiro atoms. The van der Waals surface area contributed by atoms with Gasteiger partial charge < -0.3 is 0 Å². The van der Waals surface area contributed by atoms with Gasteiger partial charge in [0.1, 0.15) is 0 Å². The van der Waals surface area contributed by atoms with Gasteiger partial charge in [-0.1, -0.05) is 39.5 Å². The smallest absolute Gasteiger partial charge is 0.258 e. The van der Waals surface area contributed by atoms with E-state index in [0.29, 0.717) is 5.56 Å². The molecule has 0 saturated heterocycles. The van der Waals surface area contributed by atoms with E-state index in [0.717, 1.165) is 31.7 Å². The fourth-order valence-corrected chi connectivity index (χ4v) is 2.16. The Morgan fingerprint density at radius 1 is 1.00 bits per heavy atom. The first kappa shape index (κ1) is 16.1. The standard InChI is InChI=1S/C14H20N2O4/c1-3-4-5-6-7-11(2)12-8-13(15(17)18)10-14(9-12)16(19)20/h8-11H,3-7H2,1-2H3. The summed E-state index contributed by atoms with van der Waals surface area (Å²) >= 11 is 0. The fourth-order valence-electron chi connectivity index (χ4n) is 2.16. The summed E-state index contributed by atoms with van der Waals surface area (Å²) in [5, 5.41) is 21.7. The molecule has 6 heteroatoms. The van der Waals surface area contributed by atoms with Crippen LogP contribution in [0.3, 0.4) is 0 Å². The highest BCUT2D eigenvalue weighted by molar-refractivity contribution is 5.47. The van der Waals surface area contributed by atoms with Crippen LogP contribution in [0.4, 0.5) is 11.4 Å². The zero-order valence-corrected chi connectivity index (χ0v) is 11.9. The normalized spacial score (nSPS) is 12.1. The summed E-state index contributed by atoms with van der Waals surface area (Å²) in [6.45, 7) is 4.09. The molecule has 0 radical (unpaired) electrons. The van der Waals surface area contributed by atoms with Crippen LogP contribution in [0.2, 0.25) is 0 Å². The van der Waals surface area contributed by atoms with Crippen molar-refractivity contribution in [2.75, 3.05) is 0 Å². The molecule has 1 rings (SSSR count). The van der Waals surface area contributed by atoms with Crippen molar-refractivity contribution >= 4 is 11.4 Å². The van der Waals surface area contributed by atoms with Gasteiger partial charge in [-0.25, -0.2) is 0 Å². The van der Waals surface area contributed by atoms with Gasteiger partial charge in [0.25, 0.3) is 11.4 Å². The van der Waals surface area contributed by atoms with Crippen molar-refractivity contribution in [3.8, 4) is 0 Å². The first-order chi connectivity index (χ1) is 9.45. The molecular weight excluding hydrogens is 260 g/mol. The summed E-state index contributed by atoms with van der Waals surface area (Å²) in [7, 11) is 0. The van der Waals surface area contributed by atoms with Crippen LogP contribution >= 0.6 is 0 Å². The van der Waals surface area contributed by atoms with E-state index in [2.05, 4.69) is 6.92 Å². The molecule has 0 amide bonds. The lowest BCUT2D eigenvalue weighted by molar-refractivity contribution is -0.394. The SMILES string of the molecule is CCCCCCC(C)c1cc([N+](=O)[O-])cc([N+](=O)[O-])c1. The van der Waals surface area contributed by atoms with Crippen LogP contribution in [0, 0.1) is 20.2 Å². The molecule has 0 saturated carbocycles. The third-order valence-electron chi connectivity index (χ3n) is 3.41. The number of rotatable bonds is 8. The van der Waals surface area contributed by atoms with Crippen molar-refractivity contribution in [3.63, 3.8) is 0 Å². The third-order valence-corrected chi connectivity index (χ3v) is 3.41. The quantitative estimate of drug-likeness (QED) is 0.396. The van der Waals surface area contributed by atoms with Gasteiger partial charge >= 0.3 is 0 Å². The van der Waals surface area contributed by atoms with E-state index in [1.165, 1.54) is 18.6 Å². The molecule has 0 aliphatic carbocycles. The van der Waals surface area contributed by atoms with Crippen molar-refractivity contribution in [1.29, 1.82) is 0 Å². The number of benzene rings is 1.